The zero-order chi connectivity index (χ0) is 20.5. The molecule has 0 aromatic heterocycles. The van der Waals surface area contributed by atoms with Crippen molar-refractivity contribution in [2.75, 3.05) is 13.1 Å². The number of epoxide rings is 1. The number of aliphatic carboxylic acids is 1. The number of nitrogens with zero attached hydrogens (tertiary/aromatic N) is 1. The van der Waals surface area contributed by atoms with Gasteiger partial charge in [-0.25, -0.2) is 4.79 Å². The fraction of sp³-hybridized carbons (Fsp3) is 0.444. The third-order valence-electron chi connectivity index (χ3n) is 4.09. The largest absolute Gasteiger partial charge is 0.479 e. The van der Waals surface area contributed by atoms with Gasteiger partial charge in [0.05, 0.1) is 0 Å². The van der Waals surface area contributed by atoms with E-state index in [2.05, 4.69) is 15.6 Å². The molecule has 0 bridgehead atoms. The lowest BCUT2D eigenvalue weighted by atomic mass is 10.0. The molecule has 28 heavy (non-hydrogen) atoms. The lowest BCUT2D eigenvalue weighted by Crippen LogP contribution is -2.49. The molecular formula is C18H25N5O5. The van der Waals surface area contributed by atoms with E-state index in [-0.39, 0.29) is 18.3 Å². The first-order chi connectivity index (χ1) is 13.4. The highest BCUT2D eigenvalue weighted by Crippen LogP contribution is 2.22. The van der Waals surface area contributed by atoms with Gasteiger partial charge >= 0.3 is 5.97 Å². The summed E-state index contributed by atoms with van der Waals surface area (Å²) in [4.78, 5) is 39.4. The van der Waals surface area contributed by atoms with E-state index in [1.54, 1.807) is 0 Å². The second-order valence-electron chi connectivity index (χ2n) is 6.37. The number of ether oxygens (including phenoxy) is 1. The van der Waals surface area contributed by atoms with E-state index in [1.807, 2.05) is 30.3 Å². The Balaban J connectivity index is 1.88. The summed E-state index contributed by atoms with van der Waals surface area (Å²) in [7, 11) is 0. The number of aliphatic imine (C=N–C) groups is 1. The SMILES string of the molecule is NC(N)=NCCCCNC(=O)[C@H](Cc1ccccc1)NC(=O)[C@H]1O[C@H]1C(=O)O. The Bertz CT molecular complexity index is 720. The highest BCUT2D eigenvalue weighted by atomic mass is 16.6. The molecule has 1 aromatic rings. The molecule has 2 rings (SSSR count). The number of rotatable bonds is 11. The second-order valence-corrected chi connectivity index (χ2v) is 6.37. The molecule has 0 unspecified atom stereocenters. The van der Waals surface area contributed by atoms with Crippen molar-refractivity contribution in [3.63, 3.8) is 0 Å². The minimum Gasteiger partial charge on any atom is -0.479 e. The summed E-state index contributed by atoms with van der Waals surface area (Å²) in [5.41, 5.74) is 11.4. The van der Waals surface area contributed by atoms with Crippen LogP contribution in [0.1, 0.15) is 18.4 Å². The maximum Gasteiger partial charge on any atom is 0.336 e. The van der Waals surface area contributed by atoms with Crippen LogP contribution in [0.3, 0.4) is 0 Å². The first-order valence-electron chi connectivity index (χ1n) is 8.94. The summed E-state index contributed by atoms with van der Waals surface area (Å²) >= 11 is 0. The van der Waals surface area contributed by atoms with E-state index >= 15 is 0 Å². The van der Waals surface area contributed by atoms with Crippen LogP contribution in [0.2, 0.25) is 0 Å². The predicted octanol–water partition coefficient (Wildman–Crippen LogP) is -1.26. The van der Waals surface area contributed by atoms with E-state index in [1.165, 1.54) is 0 Å². The highest BCUT2D eigenvalue weighted by molar-refractivity contribution is 5.95. The number of nitrogens with one attached hydrogen (secondary N) is 2. The molecule has 10 heteroatoms. The number of nitrogens with two attached hydrogens (primary N) is 2. The Kier molecular flexibility index (Phi) is 7.76. The van der Waals surface area contributed by atoms with E-state index in [0.29, 0.717) is 25.9 Å². The van der Waals surface area contributed by atoms with E-state index in [4.69, 9.17) is 21.3 Å². The quantitative estimate of drug-likeness (QED) is 0.135. The van der Waals surface area contributed by atoms with Crippen LogP contribution in [-0.2, 0) is 25.5 Å². The van der Waals surface area contributed by atoms with Gasteiger partial charge in [0.2, 0.25) is 5.91 Å². The van der Waals surface area contributed by atoms with Gasteiger partial charge in [0.1, 0.15) is 6.04 Å². The molecule has 7 N–H and O–H groups in total. The average Bonchev–Trinajstić information content (AvgIpc) is 3.45. The van der Waals surface area contributed by atoms with Crippen molar-refractivity contribution in [1.29, 1.82) is 0 Å². The first-order valence-corrected chi connectivity index (χ1v) is 8.94. The number of benzene rings is 1. The fourth-order valence-electron chi connectivity index (χ4n) is 2.59. The van der Waals surface area contributed by atoms with Crippen LogP contribution < -0.4 is 22.1 Å². The number of carboxylic acid groups (broad SMARTS) is 1. The number of guanidine groups is 1. The first kappa shape index (κ1) is 21.2. The molecule has 1 aliphatic rings. The molecule has 1 aliphatic heterocycles. The minimum atomic E-state index is -1.20. The third kappa shape index (κ3) is 6.88. The van der Waals surface area contributed by atoms with Crippen LogP contribution in [0.4, 0.5) is 0 Å². The van der Waals surface area contributed by atoms with Crippen molar-refractivity contribution < 1.29 is 24.2 Å². The van der Waals surface area contributed by atoms with Crippen molar-refractivity contribution in [3.8, 4) is 0 Å². The van der Waals surface area contributed by atoms with Crippen molar-refractivity contribution in [2.24, 2.45) is 16.5 Å². The number of carbonyl (C=O) groups excluding carboxylic acids is 2. The summed E-state index contributed by atoms with van der Waals surface area (Å²) < 4.78 is 4.84. The van der Waals surface area contributed by atoms with Crippen molar-refractivity contribution in [2.45, 2.75) is 37.5 Å². The zero-order valence-electron chi connectivity index (χ0n) is 15.3. The molecule has 1 aromatic carbocycles. The van der Waals surface area contributed by atoms with Crippen LogP contribution >= 0.6 is 0 Å². The average molecular weight is 391 g/mol. The molecule has 2 amide bonds. The fourth-order valence-corrected chi connectivity index (χ4v) is 2.59. The maximum absolute atomic E-state index is 12.5. The van der Waals surface area contributed by atoms with Gasteiger partial charge in [0, 0.05) is 19.5 Å². The van der Waals surface area contributed by atoms with Crippen molar-refractivity contribution in [3.05, 3.63) is 35.9 Å². The molecule has 10 nitrogen and oxygen atoms in total. The van der Waals surface area contributed by atoms with Crippen molar-refractivity contribution >= 4 is 23.7 Å². The van der Waals surface area contributed by atoms with Gasteiger partial charge < -0.3 is 31.9 Å². The Morgan fingerprint density at radius 2 is 1.86 bits per heavy atom. The van der Waals surface area contributed by atoms with Gasteiger partial charge in [0.15, 0.2) is 18.2 Å². The molecule has 1 saturated heterocycles. The minimum absolute atomic E-state index is 0.0247. The van der Waals surface area contributed by atoms with Gasteiger partial charge in [0.25, 0.3) is 5.91 Å². The van der Waals surface area contributed by atoms with Crippen LogP contribution in [0.25, 0.3) is 0 Å². The van der Waals surface area contributed by atoms with E-state index < -0.39 is 30.1 Å². The van der Waals surface area contributed by atoms with Crippen LogP contribution in [0, 0.1) is 0 Å². The van der Waals surface area contributed by atoms with Gasteiger partial charge in [-0.05, 0) is 18.4 Å². The van der Waals surface area contributed by atoms with E-state index in [9.17, 15) is 14.4 Å². The van der Waals surface area contributed by atoms with Gasteiger partial charge in [-0.1, -0.05) is 30.3 Å². The molecule has 0 saturated carbocycles. The number of unbranched alkanes of at least 4 members (excludes halogenated alkanes) is 1. The molecule has 0 aliphatic carbocycles. The number of hydrogen-bond donors (Lipinski definition) is 5. The predicted molar refractivity (Wildman–Crippen MR) is 101 cm³/mol. The monoisotopic (exact) mass is 391 g/mol. The third-order valence-corrected chi connectivity index (χ3v) is 4.09. The summed E-state index contributed by atoms with van der Waals surface area (Å²) in [6.07, 6.45) is -0.582. The normalized spacial score (nSPS) is 18.6. The lowest BCUT2D eigenvalue weighted by molar-refractivity contribution is -0.138. The molecule has 1 heterocycles. The highest BCUT2D eigenvalue weighted by Gasteiger charge is 2.51. The Labute approximate surface area is 162 Å². The molecule has 3 atom stereocenters. The summed E-state index contributed by atoms with van der Waals surface area (Å²) in [5.74, 6) is -2.15. The van der Waals surface area contributed by atoms with E-state index in [0.717, 1.165) is 5.56 Å². The topological polar surface area (TPSA) is 172 Å². The number of carbonyl (C=O) groups is 3. The smallest absolute Gasteiger partial charge is 0.336 e. The molecule has 0 spiro atoms. The lowest BCUT2D eigenvalue weighted by Gasteiger charge is -2.18. The van der Waals surface area contributed by atoms with Gasteiger partial charge in [-0.2, -0.15) is 0 Å². The summed E-state index contributed by atoms with van der Waals surface area (Å²) in [6.45, 7) is 0.871. The number of hydrogen-bond acceptors (Lipinski definition) is 5. The maximum atomic E-state index is 12.5. The number of carboxylic acids is 1. The van der Waals surface area contributed by atoms with Crippen LogP contribution in [0.5, 0.6) is 0 Å². The van der Waals surface area contributed by atoms with Gasteiger partial charge in [-0.3, -0.25) is 14.6 Å². The van der Waals surface area contributed by atoms with Crippen LogP contribution in [0.15, 0.2) is 35.3 Å². The Morgan fingerprint density at radius 3 is 2.46 bits per heavy atom. The zero-order valence-corrected chi connectivity index (χ0v) is 15.3. The Morgan fingerprint density at radius 1 is 1.14 bits per heavy atom. The van der Waals surface area contributed by atoms with Gasteiger partial charge in [-0.15, -0.1) is 0 Å². The second kappa shape index (κ2) is 10.3. The molecular weight excluding hydrogens is 366 g/mol. The molecule has 1 fully saturated rings. The summed E-state index contributed by atoms with van der Waals surface area (Å²) in [6, 6.07) is 8.36. The summed E-state index contributed by atoms with van der Waals surface area (Å²) in [5, 5.41) is 14.2. The van der Waals surface area contributed by atoms with Crippen LogP contribution in [-0.4, -0.2) is 60.2 Å². The standard InChI is InChI=1S/C18H25N5O5/c19-18(20)22-9-5-4-8-21-15(24)12(10-11-6-2-1-3-7-11)23-16(25)13-14(28-13)17(26)27/h1-3,6-7,12-14H,4-5,8-10H2,(H,21,24)(H,23,25)(H,26,27)(H4,19,20,22)/t12-,13-,14+/m0/s1. The molecule has 152 valence electrons. The Hall–Kier alpha value is -3.14. The van der Waals surface area contributed by atoms with Crippen molar-refractivity contribution in [1.82, 2.24) is 10.6 Å². The molecule has 0 radical (unpaired) electrons. The number of amides is 2.